The van der Waals surface area contributed by atoms with Crippen molar-refractivity contribution >= 4 is 16.9 Å². The molecule has 1 amide bonds. The van der Waals surface area contributed by atoms with Gasteiger partial charge < -0.3 is 14.7 Å². The van der Waals surface area contributed by atoms with Gasteiger partial charge in [-0.25, -0.2) is 13.5 Å². The van der Waals surface area contributed by atoms with Crippen LogP contribution in [0.2, 0.25) is 0 Å². The van der Waals surface area contributed by atoms with Gasteiger partial charge in [-0.2, -0.15) is 5.26 Å². The summed E-state index contributed by atoms with van der Waals surface area (Å²) >= 11 is 0. The maximum absolute atomic E-state index is 13.6. The first kappa shape index (κ1) is 28.1. The molecule has 0 aliphatic carbocycles. The Morgan fingerprint density at radius 1 is 1.10 bits per heavy atom. The molecule has 9 heteroatoms. The van der Waals surface area contributed by atoms with E-state index in [-0.39, 0.29) is 18.6 Å². The Morgan fingerprint density at radius 3 is 2.45 bits per heavy atom. The number of ether oxygens (including phenoxy) is 1. The second-order valence-corrected chi connectivity index (χ2v) is 13.3. The zero-order valence-electron chi connectivity index (χ0n) is 23.1. The van der Waals surface area contributed by atoms with Gasteiger partial charge in [-0.05, 0) is 68.1 Å². The molecule has 8 nitrogen and oxygen atoms in total. The average Bonchev–Trinajstić information content (AvgIpc) is 3.34. The highest BCUT2D eigenvalue weighted by Gasteiger charge is 2.40. The fourth-order valence-corrected chi connectivity index (χ4v) is 6.71. The van der Waals surface area contributed by atoms with E-state index in [0.29, 0.717) is 56.2 Å². The molecule has 0 radical (unpaired) electrons. The van der Waals surface area contributed by atoms with Crippen molar-refractivity contribution in [2.75, 3.05) is 32.9 Å². The molecule has 1 fully saturated rings. The Bertz CT molecular complexity index is 1470. The first-order chi connectivity index (χ1) is 19.2. The lowest BCUT2D eigenvalue weighted by Gasteiger charge is -2.30. The summed E-state index contributed by atoms with van der Waals surface area (Å²) in [6.45, 7) is 8.16. The molecule has 40 heavy (non-hydrogen) atoms. The molecule has 0 bridgehead atoms. The number of hydrogen-bond acceptors (Lipinski definition) is 6. The number of fused-ring (bicyclic) bond motifs is 1. The van der Waals surface area contributed by atoms with Gasteiger partial charge >= 0.3 is 0 Å². The summed E-state index contributed by atoms with van der Waals surface area (Å²) in [5.41, 5.74) is 6.16. The molecule has 1 N–H and O–H groups in total. The van der Waals surface area contributed by atoms with Crippen molar-refractivity contribution < 1.29 is 18.8 Å². The van der Waals surface area contributed by atoms with Crippen molar-refractivity contribution in [3.63, 3.8) is 0 Å². The zero-order valence-corrected chi connectivity index (χ0v) is 23.9. The molecule has 1 aromatic heterocycles. The fourth-order valence-electron chi connectivity index (χ4n) is 5.31. The molecule has 2 atom stereocenters. The van der Waals surface area contributed by atoms with Crippen molar-refractivity contribution in [3.8, 4) is 28.5 Å². The van der Waals surface area contributed by atoms with E-state index >= 15 is 0 Å². The molecule has 2 aliphatic heterocycles. The minimum Gasteiger partial charge on any atom is -0.396 e. The Morgan fingerprint density at radius 2 is 1.80 bits per heavy atom. The van der Waals surface area contributed by atoms with Crippen molar-refractivity contribution in [1.29, 1.82) is 5.26 Å². The van der Waals surface area contributed by atoms with E-state index in [1.807, 2.05) is 67.5 Å². The molecule has 2 aromatic carbocycles. The third kappa shape index (κ3) is 5.58. The van der Waals surface area contributed by atoms with Gasteiger partial charge in [0.25, 0.3) is 5.91 Å². The van der Waals surface area contributed by atoms with E-state index in [1.165, 1.54) is 0 Å². The third-order valence-electron chi connectivity index (χ3n) is 7.29. The average molecular weight is 559 g/mol. The molecule has 0 spiro atoms. The largest absolute Gasteiger partial charge is 0.396 e. The zero-order chi connectivity index (χ0) is 28.4. The van der Waals surface area contributed by atoms with E-state index in [0.717, 1.165) is 27.8 Å². The first-order valence-corrected chi connectivity index (χ1v) is 14.6. The summed E-state index contributed by atoms with van der Waals surface area (Å²) < 4.78 is 20.5. The summed E-state index contributed by atoms with van der Waals surface area (Å²) in [4.78, 5) is 20.3. The van der Waals surface area contributed by atoms with Crippen molar-refractivity contribution in [2.24, 2.45) is 0 Å². The predicted octanol–water partition coefficient (Wildman–Crippen LogP) is 4.46. The first-order valence-electron chi connectivity index (χ1n) is 13.5. The lowest BCUT2D eigenvalue weighted by Crippen LogP contribution is -2.41. The van der Waals surface area contributed by atoms with E-state index in [4.69, 9.17) is 9.72 Å². The number of aliphatic hydroxyl groups is 1. The van der Waals surface area contributed by atoms with Crippen molar-refractivity contribution in [1.82, 2.24) is 14.2 Å². The van der Waals surface area contributed by atoms with Gasteiger partial charge in [-0.1, -0.05) is 30.3 Å². The van der Waals surface area contributed by atoms with Gasteiger partial charge in [-0.15, -0.1) is 0 Å². The Hall–Kier alpha value is -3.42. The van der Waals surface area contributed by atoms with E-state index in [9.17, 15) is 19.4 Å². The van der Waals surface area contributed by atoms with Crippen LogP contribution >= 0.6 is 0 Å². The summed E-state index contributed by atoms with van der Waals surface area (Å²) in [5.74, 6) is -0.148. The quantitative estimate of drug-likeness (QED) is 0.479. The highest BCUT2D eigenvalue weighted by Crippen LogP contribution is 2.44. The number of pyridine rings is 1. The molecule has 0 unspecified atom stereocenters. The molecule has 2 aliphatic rings. The monoisotopic (exact) mass is 558 g/mol. The molecule has 5 rings (SSSR count). The molecular weight excluding hydrogens is 524 g/mol. The number of nitriles is 1. The predicted molar refractivity (Wildman–Crippen MR) is 154 cm³/mol. The molecule has 3 aromatic rings. The third-order valence-corrected chi connectivity index (χ3v) is 9.15. The Balaban J connectivity index is 1.65. The minimum atomic E-state index is -1.34. The number of aliphatic hydroxyl groups excluding tert-OH is 1. The number of hydrogen-bond donors (Lipinski definition) is 1. The number of rotatable bonds is 6. The number of aromatic nitrogens is 1. The Kier molecular flexibility index (Phi) is 8.15. The number of amides is 1. The number of nitrogens with zero attached hydrogens (tertiary/aromatic N) is 4. The van der Waals surface area contributed by atoms with Crippen LogP contribution in [0.25, 0.3) is 22.4 Å². The number of benzene rings is 2. The highest BCUT2D eigenvalue weighted by atomic mass is 32.2. The maximum Gasteiger partial charge on any atom is 0.272 e. The van der Waals surface area contributed by atoms with Crippen LogP contribution < -0.4 is 0 Å². The molecule has 3 heterocycles. The summed E-state index contributed by atoms with van der Waals surface area (Å²) in [7, 11) is -1.34. The van der Waals surface area contributed by atoms with Crippen LogP contribution in [-0.2, 0) is 22.3 Å². The van der Waals surface area contributed by atoms with Crippen LogP contribution in [0, 0.1) is 11.3 Å². The Labute approximate surface area is 237 Å². The van der Waals surface area contributed by atoms with E-state index in [1.54, 1.807) is 17.0 Å². The van der Waals surface area contributed by atoms with Gasteiger partial charge in [0, 0.05) is 37.4 Å². The van der Waals surface area contributed by atoms with Gasteiger partial charge in [0.1, 0.15) is 16.7 Å². The van der Waals surface area contributed by atoms with Gasteiger partial charge in [0.05, 0.1) is 41.3 Å². The topological polar surface area (TPSA) is 107 Å². The van der Waals surface area contributed by atoms with Gasteiger partial charge in [0.2, 0.25) is 0 Å². The van der Waals surface area contributed by atoms with E-state index < -0.39 is 15.7 Å². The van der Waals surface area contributed by atoms with Crippen LogP contribution in [0.4, 0.5) is 0 Å². The smallest absolute Gasteiger partial charge is 0.272 e. The molecule has 0 saturated carbocycles. The van der Waals surface area contributed by atoms with Crippen LogP contribution in [-0.4, -0.2) is 67.1 Å². The normalized spacial score (nSPS) is 18.3. The second-order valence-electron chi connectivity index (χ2n) is 11.1. The molecular formula is C31H34N4O4S. The summed E-state index contributed by atoms with van der Waals surface area (Å²) in [6.07, 6.45) is 0.398. The summed E-state index contributed by atoms with van der Waals surface area (Å²) in [6, 6.07) is 19.0. The highest BCUT2D eigenvalue weighted by molar-refractivity contribution is 7.84. The minimum absolute atomic E-state index is 0.0683. The van der Waals surface area contributed by atoms with Gasteiger partial charge in [-0.3, -0.25) is 4.79 Å². The van der Waals surface area contributed by atoms with Crippen LogP contribution in [0.1, 0.15) is 60.4 Å². The number of carbonyl (C=O) groups excluding carboxylic acids is 1. The standard InChI is InChI=1S/C31H34N4O4S/c1-31(2,3)40(38)35-20-25-18-26(30(37)34-12-15-39-16-13-34)33-29(28(25)27(35)11-14-36)24-6-4-5-23(17-24)22-9-7-21(19-32)8-10-22/h4-10,17-18,27,36H,11-16,20H2,1-3H3/t27-,40-/m0/s1. The SMILES string of the molecule is CC(C)(C)[S@](=O)N1Cc2cc(C(=O)N3CCOCC3)nc(-c3cccc(-c4ccc(C#N)cc4)c3)c2[C@@H]1CCO. The summed E-state index contributed by atoms with van der Waals surface area (Å²) in [5, 5.41) is 19.2. The number of morpholine rings is 1. The van der Waals surface area contributed by atoms with Crippen molar-refractivity contribution in [3.05, 3.63) is 77.0 Å². The lowest BCUT2D eigenvalue weighted by molar-refractivity contribution is 0.0299. The lowest BCUT2D eigenvalue weighted by atomic mass is 9.94. The van der Waals surface area contributed by atoms with Crippen LogP contribution in [0.3, 0.4) is 0 Å². The maximum atomic E-state index is 13.6. The second kappa shape index (κ2) is 11.6. The number of carbonyl (C=O) groups is 1. The fraction of sp³-hybridized carbons (Fsp3) is 0.387. The van der Waals surface area contributed by atoms with Crippen LogP contribution in [0.5, 0.6) is 0 Å². The van der Waals surface area contributed by atoms with Gasteiger partial charge in [0.15, 0.2) is 0 Å². The molecule has 1 saturated heterocycles. The van der Waals surface area contributed by atoms with Crippen molar-refractivity contribution in [2.45, 2.75) is 44.5 Å². The van der Waals surface area contributed by atoms with E-state index in [2.05, 4.69) is 6.07 Å². The van der Waals surface area contributed by atoms with Crippen LogP contribution in [0.15, 0.2) is 54.6 Å². The molecule has 208 valence electrons.